The Morgan fingerprint density at radius 3 is 2.64 bits per heavy atom. The van der Waals surface area contributed by atoms with E-state index in [0.717, 1.165) is 41.9 Å². The summed E-state index contributed by atoms with van der Waals surface area (Å²) in [6.07, 6.45) is 8.04. The molecule has 0 saturated heterocycles. The molecule has 3 aromatic rings. The van der Waals surface area contributed by atoms with Gasteiger partial charge in [0.2, 0.25) is 0 Å². The molecule has 1 aromatic carbocycles. The van der Waals surface area contributed by atoms with Crippen molar-refractivity contribution in [1.29, 1.82) is 0 Å². The first-order valence-electron chi connectivity index (χ1n) is 11.1. The summed E-state index contributed by atoms with van der Waals surface area (Å²) in [4.78, 5) is 25.4. The molecule has 168 valence electrons. The molecule has 2 aromatic heterocycles. The lowest BCUT2D eigenvalue weighted by Gasteiger charge is -2.27. The SMILES string of the molecule is O=C(Cc1ccccc1)OCC(=O)N1N=C2C(=Cc3ccco3)CCCC2C1c1ccco1. The van der Waals surface area contributed by atoms with Crippen LogP contribution < -0.4 is 0 Å². The standard InChI is InChI=1S/C26H24N2O5/c29-23(17-33-24(30)15-18-7-2-1-3-8-18)28-26(22-12-6-14-32-22)21-11-4-9-19(25(21)27-28)16-20-10-5-13-31-20/h1-3,5-8,10,12-14,16,21,26H,4,9,11,15,17H2. The minimum absolute atomic E-state index is 0.00934. The maximum atomic E-state index is 13.1. The smallest absolute Gasteiger partial charge is 0.310 e. The lowest BCUT2D eigenvalue weighted by atomic mass is 9.79. The van der Waals surface area contributed by atoms with Crippen LogP contribution in [0, 0.1) is 5.92 Å². The zero-order chi connectivity index (χ0) is 22.6. The van der Waals surface area contributed by atoms with Crippen LogP contribution in [0.15, 0.2) is 86.6 Å². The number of allylic oxidation sites excluding steroid dienone is 1. The minimum Gasteiger partial charge on any atom is -0.467 e. The molecule has 1 fully saturated rings. The van der Waals surface area contributed by atoms with E-state index < -0.39 is 5.97 Å². The number of hydrazone groups is 1. The van der Waals surface area contributed by atoms with Crippen molar-refractivity contribution < 1.29 is 23.2 Å². The van der Waals surface area contributed by atoms with E-state index in [1.54, 1.807) is 18.6 Å². The van der Waals surface area contributed by atoms with E-state index in [2.05, 4.69) is 0 Å². The number of hydrogen-bond acceptors (Lipinski definition) is 6. The van der Waals surface area contributed by atoms with E-state index in [9.17, 15) is 9.59 Å². The first-order valence-corrected chi connectivity index (χ1v) is 11.1. The van der Waals surface area contributed by atoms with Gasteiger partial charge in [0.25, 0.3) is 5.91 Å². The number of esters is 1. The third-order valence-corrected chi connectivity index (χ3v) is 6.00. The Morgan fingerprint density at radius 1 is 1.06 bits per heavy atom. The number of carbonyl (C=O) groups excluding carboxylic acids is 2. The topological polar surface area (TPSA) is 85.3 Å². The van der Waals surface area contributed by atoms with Crippen molar-refractivity contribution in [3.8, 4) is 0 Å². The fraction of sp³-hybridized carbons (Fsp3) is 0.269. The van der Waals surface area contributed by atoms with Gasteiger partial charge in [-0.05, 0) is 60.7 Å². The summed E-state index contributed by atoms with van der Waals surface area (Å²) in [7, 11) is 0. The molecule has 7 heteroatoms. The first-order chi connectivity index (χ1) is 16.2. The van der Waals surface area contributed by atoms with Gasteiger partial charge in [0.05, 0.1) is 24.7 Å². The highest BCUT2D eigenvalue weighted by Crippen LogP contribution is 2.44. The van der Waals surface area contributed by atoms with Gasteiger partial charge in [-0.25, -0.2) is 5.01 Å². The van der Waals surface area contributed by atoms with Gasteiger partial charge < -0.3 is 13.6 Å². The van der Waals surface area contributed by atoms with Gasteiger partial charge in [0.1, 0.15) is 17.6 Å². The summed E-state index contributed by atoms with van der Waals surface area (Å²) in [6.45, 7) is -0.371. The Hall–Kier alpha value is -3.87. The summed E-state index contributed by atoms with van der Waals surface area (Å²) < 4.78 is 16.5. The third kappa shape index (κ3) is 4.53. The quantitative estimate of drug-likeness (QED) is 0.511. The third-order valence-electron chi connectivity index (χ3n) is 6.00. The lowest BCUT2D eigenvalue weighted by Crippen LogP contribution is -2.34. The van der Waals surface area contributed by atoms with Crippen LogP contribution >= 0.6 is 0 Å². The number of fused-ring (bicyclic) bond motifs is 1. The second-order valence-electron chi connectivity index (χ2n) is 8.19. The van der Waals surface area contributed by atoms with Crippen LogP contribution in [-0.4, -0.2) is 29.2 Å². The Labute approximate surface area is 191 Å². The second kappa shape index (κ2) is 9.32. The van der Waals surface area contributed by atoms with Crippen LogP contribution in [0.3, 0.4) is 0 Å². The van der Waals surface area contributed by atoms with Crippen molar-refractivity contribution in [2.45, 2.75) is 31.7 Å². The molecule has 1 aliphatic carbocycles. The van der Waals surface area contributed by atoms with Gasteiger partial charge in [-0.15, -0.1) is 0 Å². The number of furan rings is 2. The average molecular weight is 444 g/mol. The van der Waals surface area contributed by atoms with E-state index in [1.807, 2.05) is 54.6 Å². The van der Waals surface area contributed by atoms with Crippen molar-refractivity contribution in [2.24, 2.45) is 11.0 Å². The van der Waals surface area contributed by atoms with Gasteiger partial charge in [0, 0.05) is 5.92 Å². The number of amides is 1. The predicted octanol–water partition coefficient (Wildman–Crippen LogP) is 4.78. The van der Waals surface area contributed by atoms with Crippen LogP contribution in [0.1, 0.15) is 42.4 Å². The summed E-state index contributed by atoms with van der Waals surface area (Å²) in [5.41, 5.74) is 2.75. The number of benzene rings is 1. The Kier molecular flexibility index (Phi) is 5.93. The minimum atomic E-state index is -0.452. The molecule has 5 rings (SSSR count). The van der Waals surface area contributed by atoms with Crippen molar-refractivity contribution in [1.82, 2.24) is 5.01 Å². The average Bonchev–Trinajstić information content (AvgIpc) is 3.59. The maximum absolute atomic E-state index is 13.1. The molecule has 1 saturated carbocycles. The number of carbonyl (C=O) groups is 2. The zero-order valence-corrected chi connectivity index (χ0v) is 18.1. The molecule has 2 atom stereocenters. The van der Waals surface area contributed by atoms with E-state index in [1.165, 1.54) is 5.01 Å². The molecule has 0 bridgehead atoms. The highest BCUT2D eigenvalue weighted by atomic mass is 16.5. The number of rotatable bonds is 6. The zero-order valence-electron chi connectivity index (χ0n) is 18.1. The van der Waals surface area contributed by atoms with Crippen molar-refractivity contribution >= 4 is 23.7 Å². The van der Waals surface area contributed by atoms with Crippen LogP contribution in [0.5, 0.6) is 0 Å². The predicted molar refractivity (Wildman–Crippen MR) is 121 cm³/mol. The molecular weight excluding hydrogens is 420 g/mol. The molecule has 7 nitrogen and oxygen atoms in total. The fourth-order valence-corrected chi connectivity index (χ4v) is 4.51. The normalized spacial score (nSPS) is 21.0. The van der Waals surface area contributed by atoms with Gasteiger partial charge in [-0.3, -0.25) is 9.59 Å². The number of nitrogens with zero attached hydrogens (tertiary/aromatic N) is 2. The molecule has 2 aliphatic rings. The van der Waals surface area contributed by atoms with Crippen molar-refractivity contribution in [2.75, 3.05) is 6.61 Å². The number of ether oxygens (including phenoxy) is 1. The summed E-state index contributed by atoms with van der Waals surface area (Å²) in [5.74, 6) is 0.600. The van der Waals surface area contributed by atoms with Crippen LogP contribution in [0.2, 0.25) is 0 Å². The Balaban J connectivity index is 1.35. The molecule has 1 aliphatic heterocycles. The van der Waals surface area contributed by atoms with Gasteiger partial charge in [0.15, 0.2) is 6.61 Å². The van der Waals surface area contributed by atoms with Gasteiger partial charge >= 0.3 is 5.97 Å². The largest absolute Gasteiger partial charge is 0.467 e. The van der Waals surface area contributed by atoms with Crippen molar-refractivity contribution in [3.05, 3.63) is 89.8 Å². The number of hydrogen-bond donors (Lipinski definition) is 0. The van der Waals surface area contributed by atoms with Crippen LogP contribution in [-0.2, 0) is 20.7 Å². The molecule has 1 amide bonds. The summed E-state index contributed by atoms with van der Waals surface area (Å²) in [6, 6.07) is 16.3. The molecule has 3 heterocycles. The van der Waals surface area contributed by atoms with Gasteiger partial charge in [-0.2, -0.15) is 5.10 Å². The Morgan fingerprint density at radius 2 is 1.88 bits per heavy atom. The molecule has 2 unspecified atom stereocenters. The lowest BCUT2D eigenvalue weighted by molar-refractivity contribution is -0.152. The molecule has 0 N–H and O–H groups in total. The molecular formula is C26H24N2O5. The molecule has 0 spiro atoms. The molecule has 33 heavy (non-hydrogen) atoms. The van der Waals surface area contributed by atoms with E-state index in [4.69, 9.17) is 18.7 Å². The van der Waals surface area contributed by atoms with Gasteiger partial charge in [-0.1, -0.05) is 30.3 Å². The first kappa shape index (κ1) is 21.0. The highest BCUT2D eigenvalue weighted by Gasteiger charge is 2.45. The fourth-order valence-electron chi connectivity index (χ4n) is 4.51. The Bertz CT molecular complexity index is 1160. The maximum Gasteiger partial charge on any atom is 0.310 e. The summed E-state index contributed by atoms with van der Waals surface area (Å²) >= 11 is 0. The highest BCUT2D eigenvalue weighted by molar-refractivity contribution is 6.08. The van der Waals surface area contributed by atoms with E-state index in [-0.39, 0.29) is 30.9 Å². The van der Waals surface area contributed by atoms with Crippen molar-refractivity contribution in [3.63, 3.8) is 0 Å². The monoisotopic (exact) mass is 444 g/mol. The second-order valence-corrected chi connectivity index (χ2v) is 8.19. The van der Waals surface area contributed by atoms with Crippen LogP contribution in [0.25, 0.3) is 6.08 Å². The van der Waals surface area contributed by atoms with E-state index in [0.29, 0.717) is 5.76 Å². The van der Waals surface area contributed by atoms with Crippen LogP contribution in [0.4, 0.5) is 0 Å². The van der Waals surface area contributed by atoms with E-state index >= 15 is 0 Å². The summed E-state index contributed by atoms with van der Waals surface area (Å²) in [5, 5.41) is 6.14. The molecule has 0 radical (unpaired) electrons.